The third-order valence-electron chi connectivity index (χ3n) is 3.78. The van der Waals surface area contributed by atoms with Crippen LogP contribution in [0.5, 0.6) is 0 Å². The van der Waals surface area contributed by atoms with E-state index in [0.29, 0.717) is 10.7 Å². The summed E-state index contributed by atoms with van der Waals surface area (Å²) in [6, 6.07) is 17.6. The Balaban J connectivity index is 1.65. The minimum absolute atomic E-state index is 0.171. The third-order valence-corrected chi connectivity index (χ3v) is 4.81. The molecule has 0 bridgehead atoms. The van der Waals surface area contributed by atoms with E-state index in [2.05, 4.69) is 15.3 Å². The average Bonchev–Trinajstić information content (AvgIpc) is 2.69. The molecule has 0 fully saturated rings. The summed E-state index contributed by atoms with van der Waals surface area (Å²) < 4.78 is 0. The summed E-state index contributed by atoms with van der Waals surface area (Å²) >= 11 is 1.33. The topological polar surface area (TPSA) is 92.2 Å². The number of nitrogens with one attached hydrogen (secondary N) is 1. The van der Waals surface area contributed by atoms with Gasteiger partial charge in [-0.1, -0.05) is 42.1 Å². The highest BCUT2D eigenvalue weighted by Crippen LogP contribution is 2.25. The monoisotopic (exact) mass is 379 g/mol. The van der Waals surface area contributed by atoms with Gasteiger partial charge in [0.05, 0.1) is 16.5 Å². The van der Waals surface area contributed by atoms with Crippen LogP contribution in [0.1, 0.15) is 17.3 Å². The fraction of sp³-hybridized carbons (Fsp3) is 0.100. The van der Waals surface area contributed by atoms with Gasteiger partial charge in [-0.15, -0.1) is 0 Å². The molecule has 0 spiro atoms. The number of thioether (sulfide) groups is 1. The fourth-order valence-electron chi connectivity index (χ4n) is 2.35. The summed E-state index contributed by atoms with van der Waals surface area (Å²) in [5.74, 6) is -1.20. The molecule has 27 heavy (non-hydrogen) atoms. The summed E-state index contributed by atoms with van der Waals surface area (Å²) in [5, 5.41) is 12.0. The van der Waals surface area contributed by atoms with Crippen molar-refractivity contribution in [1.29, 1.82) is 0 Å². The molecule has 0 aliphatic rings. The second kappa shape index (κ2) is 8.46. The average molecular weight is 379 g/mol. The van der Waals surface area contributed by atoms with Gasteiger partial charge in [-0.25, -0.2) is 14.8 Å². The summed E-state index contributed by atoms with van der Waals surface area (Å²) in [6.45, 7) is 1.79. The van der Waals surface area contributed by atoms with Gasteiger partial charge in [-0.3, -0.25) is 4.79 Å². The molecule has 1 heterocycles. The summed E-state index contributed by atoms with van der Waals surface area (Å²) in [6.07, 6.45) is 1.49. The van der Waals surface area contributed by atoms with Gasteiger partial charge < -0.3 is 10.4 Å². The van der Waals surface area contributed by atoms with Crippen LogP contribution in [-0.4, -0.2) is 32.2 Å². The molecular weight excluding hydrogens is 362 g/mol. The van der Waals surface area contributed by atoms with Crippen molar-refractivity contribution < 1.29 is 14.7 Å². The number of benzene rings is 2. The van der Waals surface area contributed by atoms with Crippen LogP contribution in [0.15, 0.2) is 72.0 Å². The highest BCUT2D eigenvalue weighted by molar-refractivity contribution is 8.00. The Morgan fingerprint density at radius 1 is 1.04 bits per heavy atom. The van der Waals surface area contributed by atoms with Crippen molar-refractivity contribution >= 4 is 29.3 Å². The first-order valence-corrected chi connectivity index (χ1v) is 9.09. The quantitative estimate of drug-likeness (QED) is 0.497. The van der Waals surface area contributed by atoms with Gasteiger partial charge in [-0.05, 0) is 37.3 Å². The number of anilines is 1. The van der Waals surface area contributed by atoms with E-state index in [4.69, 9.17) is 5.11 Å². The van der Waals surface area contributed by atoms with Crippen LogP contribution in [0.3, 0.4) is 0 Å². The Labute approximate surface area is 160 Å². The third kappa shape index (κ3) is 4.92. The molecule has 0 aliphatic heterocycles. The van der Waals surface area contributed by atoms with Crippen molar-refractivity contribution in [2.75, 3.05) is 5.32 Å². The van der Waals surface area contributed by atoms with Crippen molar-refractivity contribution in [3.8, 4) is 11.3 Å². The normalized spacial score (nSPS) is 11.6. The van der Waals surface area contributed by atoms with E-state index in [9.17, 15) is 9.59 Å². The van der Waals surface area contributed by atoms with Crippen LogP contribution < -0.4 is 5.32 Å². The molecule has 0 radical (unpaired) electrons. The lowest BCUT2D eigenvalue weighted by Gasteiger charge is -2.12. The van der Waals surface area contributed by atoms with Gasteiger partial charge in [-0.2, -0.15) is 0 Å². The molecule has 7 heteroatoms. The molecule has 1 amide bonds. The van der Waals surface area contributed by atoms with Crippen molar-refractivity contribution in [3.05, 3.63) is 72.6 Å². The molecule has 3 aromatic rings. The molecule has 6 nitrogen and oxygen atoms in total. The zero-order valence-electron chi connectivity index (χ0n) is 14.5. The molecule has 0 aliphatic carbocycles. The molecule has 1 atom stereocenters. The van der Waals surface area contributed by atoms with Gasteiger partial charge in [0.15, 0.2) is 0 Å². The number of carboxylic acids is 1. The number of carboxylic acid groups (broad SMARTS) is 1. The zero-order valence-corrected chi connectivity index (χ0v) is 15.3. The molecule has 3 rings (SSSR count). The first kappa shape index (κ1) is 18.6. The van der Waals surface area contributed by atoms with E-state index in [1.54, 1.807) is 19.1 Å². The maximum atomic E-state index is 12.4. The minimum atomic E-state index is -1.00. The molecule has 1 aromatic heterocycles. The van der Waals surface area contributed by atoms with E-state index in [-0.39, 0.29) is 16.7 Å². The number of carbonyl (C=O) groups is 2. The van der Waals surface area contributed by atoms with Gasteiger partial charge in [0, 0.05) is 11.3 Å². The van der Waals surface area contributed by atoms with Gasteiger partial charge in [0.1, 0.15) is 11.4 Å². The van der Waals surface area contributed by atoms with Crippen molar-refractivity contribution in [1.82, 2.24) is 9.97 Å². The Hall–Kier alpha value is -3.19. The van der Waals surface area contributed by atoms with Crippen LogP contribution in [-0.2, 0) is 4.79 Å². The lowest BCUT2D eigenvalue weighted by molar-refractivity contribution is -0.115. The first-order chi connectivity index (χ1) is 13.0. The SMILES string of the molecule is C[C@H](Sc1cc(-c2ccccc2)ncn1)C(=O)Nc1ccc(C(=O)O)cc1. The Morgan fingerprint density at radius 3 is 2.41 bits per heavy atom. The molecule has 0 unspecified atom stereocenters. The van der Waals surface area contributed by atoms with Crippen LogP contribution in [0.2, 0.25) is 0 Å². The van der Waals surface area contributed by atoms with Gasteiger partial charge >= 0.3 is 5.97 Å². The number of rotatable bonds is 6. The number of carbonyl (C=O) groups excluding carboxylic acids is 1. The summed E-state index contributed by atoms with van der Waals surface area (Å²) in [4.78, 5) is 31.8. The second-order valence-electron chi connectivity index (χ2n) is 5.74. The standard InChI is InChI=1S/C20H17N3O3S/c1-13(19(24)23-16-9-7-15(8-10-16)20(25)26)27-18-11-17(21-12-22-18)14-5-3-2-4-6-14/h2-13H,1H3,(H,23,24)(H,25,26)/t13-/m0/s1. The first-order valence-electron chi connectivity index (χ1n) is 8.21. The van der Waals surface area contributed by atoms with E-state index >= 15 is 0 Å². The Kier molecular flexibility index (Phi) is 5.83. The summed E-state index contributed by atoms with van der Waals surface area (Å²) in [7, 11) is 0. The number of hydrogen-bond acceptors (Lipinski definition) is 5. The van der Waals surface area contributed by atoms with Crippen LogP contribution in [0.4, 0.5) is 5.69 Å². The molecule has 2 N–H and O–H groups in total. The van der Waals surface area contributed by atoms with E-state index < -0.39 is 5.97 Å². The van der Waals surface area contributed by atoms with Gasteiger partial charge in [0.25, 0.3) is 0 Å². The number of amides is 1. The van der Waals surface area contributed by atoms with Crippen LogP contribution in [0, 0.1) is 0 Å². The molecule has 136 valence electrons. The molecular formula is C20H17N3O3S. The smallest absolute Gasteiger partial charge is 0.335 e. The van der Waals surface area contributed by atoms with Crippen molar-refractivity contribution in [2.24, 2.45) is 0 Å². The fourth-order valence-corrected chi connectivity index (χ4v) is 3.16. The van der Waals surface area contributed by atoms with Gasteiger partial charge in [0.2, 0.25) is 5.91 Å². The van der Waals surface area contributed by atoms with Crippen LogP contribution in [0.25, 0.3) is 11.3 Å². The van der Waals surface area contributed by atoms with Crippen molar-refractivity contribution in [2.45, 2.75) is 17.2 Å². The predicted octanol–water partition coefficient (Wildman–Crippen LogP) is 3.96. The second-order valence-corrected chi connectivity index (χ2v) is 7.10. The maximum Gasteiger partial charge on any atom is 0.335 e. The number of aromatic nitrogens is 2. The Morgan fingerprint density at radius 2 is 1.74 bits per heavy atom. The highest BCUT2D eigenvalue weighted by Gasteiger charge is 2.16. The van der Waals surface area contributed by atoms with Crippen LogP contribution >= 0.6 is 11.8 Å². The number of aromatic carboxylic acids is 1. The Bertz CT molecular complexity index is 946. The lowest BCUT2D eigenvalue weighted by Crippen LogP contribution is -2.22. The largest absolute Gasteiger partial charge is 0.478 e. The van der Waals surface area contributed by atoms with Crippen molar-refractivity contribution in [3.63, 3.8) is 0 Å². The number of hydrogen-bond donors (Lipinski definition) is 2. The lowest BCUT2D eigenvalue weighted by atomic mass is 10.1. The molecule has 2 aromatic carbocycles. The summed E-state index contributed by atoms with van der Waals surface area (Å²) in [5.41, 5.74) is 2.50. The zero-order chi connectivity index (χ0) is 19.2. The molecule has 0 saturated heterocycles. The predicted molar refractivity (Wildman–Crippen MR) is 105 cm³/mol. The maximum absolute atomic E-state index is 12.4. The van der Waals surface area contributed by atoms with E-state index in [1.165, 1.54) is 30.2 Å². The number of nitrogens with zero attached hydrogens (tertiary/aromatic N) is 2. The highest BCUT2D eigenvalue weighted by atomic mass is 32.2. The molecule has 0 saturated carbocycles. The van der Waals surface area contributed by atoms with E-state index in [1.807, 2.05) is 36.4 Å². The minimum Gasteiger partial charge on any atom is -0.478 e. The van der Waals surface area contributed by atoms with E-state index in [0.717, 1.165) is 11.3 Å².